The molecule has 1 N–H and O–H groups in total. The lowest BCUT2D eigenvalue weighted by molar-refractivity contribution is -0.147. The summed E-state index contributed by atoms with van der Waals surface area (Å²) in [5.74, 6) is -3.68. The van der Waals surface area contributed by atoms with Gasteiger partial charge in [-0.25, -0.2) is 14.4 Å². The molecule has 0 saturated carbocycles. The first-order valence-corrected chi connectivity index (χ1v) is 10.5. The number of aliphatic imine (C=N–C) groups is 1. The minimum absolute atomic E-state index is 0.0604. The summed E-state index contributed by atoms with van der Waals surface area (Å²) in [4.78, 5) is 36.9. The van der Waals surface area contributed by atoms with Gasteiger partial charge >= 0.3 is 5.97 Å². The predicted molar refractivity (Wildman–Crippen MR) is 121 cm³/mol. The monoisotopic (exact) mass is 467 g/mol. The number of esters is 1. The van der Waals surface area contributed by atoms with Crippen LogP contribution in [0.15, 0.2) is 53.5 Å². The topological polar surface area (TPSA) is 112 Å². The quantitative estimate of drug-likeness (QED) is 0.233. The number of methoxy groups -OCH3 is 1. The van der Waals surface area contributed by atoms with Gasteiger partial charge in [0.15, 0.2) is 17.5 Å². The van der Waals surface area contributed by atoms with Crippen molar-refractivity contribution in [1.82, 2.24) is 9.97 Å². The van der Waals surface area contributed by atoms with Crippen molar-refractivity contribution in [3.63, 3.8) is 0 Å². The average Bonchev–Trinajstić information content (AvgIpc) is 3.37. The largest absolute Gasteiger partial charge is 0.491 e. The molecule has 9 nitrogen and oxygen atoms in total. The summed E-state index contributed by atoms with van der Waals surface area (Å²) in [6.45, 7) is 2.28. The number of rotatable bonds is 8. The minimum atomic E-state index is -1.44. The van der Waals surface area contributed by atoms with Gasteiger partial charge in [0.05, 0.1) is 13.2 Å². The van der Waals surface area contributed by atoms with Crippen LogP contribution in [0.25, 0.3) is 17.1 Å². The number of ketones is 1. The smallest absolute Gasteiger partial charge is 0.326 e. The number of hydrogen-bond donors (Lipinski definition) is 1. The second kappa shape index (κ2) is 10.3. The Hall–Kier alpha value is -4.05. The second-order valence-electron chi connectivity index (χ2n) is 7.21. The van der Waals surface area contributed by atoms with E-state index in [4.69, 9.17) is 18.9 Å². The Balaban J connectivity index is 1.67. The van der Waals surface area contributed by atoms with Crippen LogP contribution in [-0.4, -0.2) is 54.5 Å². The van der Waals surface area contributed by atoms with Gasteiger partial charge in [0, 0.05) is 36.5 Å². The zero-order valence-electron chi connectivity index (χ0n) is 18.5. The van der Waals surface area contributed by atoms with E-state index < -0.39 is 23.5 Å². The third kappa shape index (κ3) is 4.81. The number of fused-ring (bicyclic) bond motifs is 1. The molecule has 0 radical (unpaired) electrons. The molecular weight excluding hydrogens is 445 g/mol. The molecule has 2 aromatic heterocycles. The number of carbonyl (C=O) groups excluding carboxylic acids is 2. The first-order valence-electron chi connectivity index (χ1n) is 10.5. The fraction of sp³-hybridized carbons (Fsp3) is 0.250. The molecule has 0 spiro atoms. The molecule has 1 atom stereocenters. The highest BCUT2D eigenvalue weighted by Gasteiger charge is 2.45. The molecule has 176 valence electrons. The summed E-state index contributed by atoms with van der Waals surface area (Å²) in [6.07, 6.45) is 4.79. The Morgan fingerprint density at radius 3 is 2.94 bits per heavy atom. The molecule has 1 fully saturated rings. The lowest BCUT2D eigenvalue weighted by Crippen LogP contribution is -2.27. The zero-order valence-corrected chi connectivity index (χ0v) is 18.5. The average molecular weight is 467 g/mol. The summed E-state index contributed by atoms with van der Waals surface area (Å²) in [6, 6.07) is 7.63. The lowest BCUT2D eigenvalue weighted by Gasteiger charge is -2.08. The van der Waals surface area contributed by atoms with E-state index >= 15 is 0 Å². The third-order valence-electron chi connectivity index (χ3n) is 4.96. The fourth-order valence-electron chi connectivity index (χ4n) is 3.37. The van der Waals surface area contributed by atoms with E-state index in [9.17, 15) is 14.0 Å². The van der Waals surface area contributed by atoms with Crippen LogP contribution in [-0.2, 0) is 23.8 Å². The third-order valence-corrected chi connectivity index (χ3v) is 4.96. The maximum absolute atomic E-state index is 14.7. The van der Waals surface area contributed by atoms with Gasteiger partial charge in [-0.1, -0.05) is 0 Å². The Labute approximate surface area is 194 Å². The van der Waals surface area contributed by atoms with Crippen LogP contribution >= 0.6 is 0 Å². The molecule has 1 unspecified atom stereocenters. The number of aromatic amines is 1. The van der Waals surface area contributed by atoms with Crippen LogP contribution in [0.3, 0.4) is 0 Å². The number of benzene rings is 1. The first-order chi connectivity index (χ1) is 16.5. The predicted octanol–water partition coefficient (Wildman–Crippen LogP) is 3.58. The highest BCUT2D eigenvalue weighted by molar-refractivity contribution is 6.27. The van der Waals surface area contributed by atoms with Crippen molar-refractivity contribution < 1.29 is 32.9 Å². The van der Waals surface area contributed by atoms with Crippen molar-refractivity contribution in [1.29, 1.82) is 0 Å². The molecule has 1 aliphatic heterocycles. The van der Waals surface area contributed by atoms with E-state index in [1.165, 1.54) is 25.3 Å². The number of pyridine rings is 1. The van der Waals surface area contributed by atoms with Gasteiger partial charge in [-0.2, -0.15) is 0 Å². The van der Waals surface area contributed by atoms with E-state index in [1.54, 1.807) is 25.4 Å². The SMILES string of the molecule is CCOC(=O)C1C(=O)/C(=C/c2c[nH]c3ncccc23)OC1=Nc1ccc(OCCOC)cc1F. The molecule has 34 heavy (non-hydrogen) atoms. The second-order valence-corrected chi connectivity index (χ2v) is 7.21. The number of allylic oxidation sites excluding steroid dienone is 1. The number of nitrogens with zero attached hydrogens (tertiary/aromatic N) is 2. The molecule has 3 aromatic rings. The summed E-state index contributed by atoms with van der Waals surface area (Å²) in [5.41, 5.74) is 1.15. The molecule has 3 heterocycles. The van der Waals surface area contributed by atoms with Gasteiger partial charge in [0.2, 0.25) is 11.7 Å². The number of carbonyl (C=O) groups is 2. The van der Waals surface area contributed by atoms with Gasteiger partial charge in [-0.3, -0.25) is 9.59 Å². The Morgan fingerprint density at radius 2 is 2.18 bits per heavy atom. The summed E-state index contributed by atoms with van der Waals surface area (Å²) in [7, 11) is 1.53. The normalized spacial score (nSPS) is 18.0. The van der Waals surface area contributed by atoms with Gasteiger partial charge in [0.25, 0.3) is 0 Å². The Kier molecular flexibility index (Phi) is 6.98. The molecule has 0 bridgehead atoms. The lowest BCUT2D eigenvalue weighted by atomic mass is 10.0. The van der Waals surface area contributed by atoms with Gasteiger partial charge in [0.1, 0.15) is 23.7 Å². The zero-order chi connectivity index (χ0) is 24.1. The number of halogens is 1. The number of H-pyrrole nitrogens is 1. The molecule has 1 aliphatic rings. The van der Waals surface area contributed by atoms with E-state index in [1.807, 2.05) is 6.07 Å². The van der Waals surface area contributed by atoms with Gasteiger partial charge in [-0.05, 0) is 37.3 Å². The molecule has 0 aliphatic carbocycles. The van der Waals surface area contributed by atoms with Crippen LogP contribution < -0.4 is 4.74 Å². The van der Waals surface area contributed by atoms with Crippen LogP contribution in [0.5, 0.6) is 5.75 Å². The van der Waals surface area contributed by atoms with Crippen LogP contribution in [0.1, 0.15) is 12.5 Å². The molecule has 1 aromatic carbocycles. The van der Waals surface area contributed by atoms with Gasteiger partial charge < -0.3 is 23.9 Å². The van der Waals surface area contributed by atoms with E-state index in [2.05, 4.69) is 15.0 Å². The van der Waals surface area contributed by atoms with Crippen LogP contribution in [0.2, 0.25) is 0 Å². The van der Waals surface area contributed by atoms with Crippen molar-refractivity contribution >= 4 is 40.4 Å². The van der Waals surface area contributed by atoms with E-state index in [-0.39, 0.29) is 36.3 Å². The highest BCUT2D eigenvalue weighted by atomic mass is 19.1. The maximum atomic E-state index is 14.7. The van der Waals surface area contributed by atoms with Crippen molar-refractivity contribution in [2.75, 3.05) is 26.9 Å². The molecule has 1 saturated heterocycles. The number of nitrogens with one attached hydrogen (secondary N) is 1. The maximum Gasteiger partial charge on any atom is 0.326 e. The van der Waals surface area contributed by atoms with Crippen molar-refractivity contribution in [3.05, 3.63) is 59.9 Å². The van der Waals surface area contributed by atoms with Crippen molar-refractivity contribution in [2.45, 2.75) is 6.92 Å². The van der Waals surface area contributed by atoms with Crippen molar-refractivity contribution in [3.8, 4) is 5.75 Å². The molecule has 10 heteroatoms. The van der Waals surface area contributed by atoms with Crippen molar-refractivity contribution in [2.24, 2.45) is 10.9 Å². The van der Waals surface area contributed by atoms with E-state index in [0.29, 0.717) is 17.8 Å². The Morgan fingerprint density at radius 1 is 1.32 bits per heavy atom. The number of aromatic nitrogens is 2. The number of hydrogen-bond acceptors (Lipinski definition) is 8. The number of Topliss-reactive ketones (excluding diaryl/α,β-unsaturated/α-hetero) is 1. The fourth-order valence-corrected chi connectivity index (χ4v) is 3.37. The van der Waals surface area contributed by atoms with Crippen LogP contribution in [0, 0.1) is 11.7 Å². The van der Waals surface area contributed by atoms with E-state index in [0.717, 1.165) is 11.5 Å². The van der Waals surface area contributed by atoms with Gasteiger partial charge in [-0.15, -0.1) is 0 Å². The Bertz CT molecular complexity index is 1280. The van der Waals surface area contributed by atoms with Crippen LogP contribution in [0.4, 0.5) is 10.1 Å². The summed E-state index contributed by atoms with van der Waals surface area (Å²) >= 11 is 0. The highest BCUT2D eigenvalue weighted by Crippen LogP contribution is 2.31. The first kappa shape index (κ1) is 23.1. The molecular formula is C24H22FN3O6. The summed E-state index contributed by atoms with van der Waals surface area (Å²) in [5, 5.41) is 0.763. The molecule has 0 amide bonds. The summed E-state index contributed by atoms with van der Waals surface area (Å²) < 4.78 is 35.6. The number of ether oxygens (including phenoxy) is 4. The molecule has 4 rings (SSSR count). The minimum Gasteiger partial charge on any atom is -0.491 e. The standard InChI is InChI=1S/C24H22FN3O6/c1-3-32-24(30)20-21(29)19(11-14-13-27-22-16(14)5-4-8-26-22)34-23(20)28-18-7-6-15(12-17(18)25)33-10-9-31-2/h4-8,11-13,20H,3,9-10H2,1-2H3,(H,26,27)/b19-11-,28-23?.